The minimum absolute atomic E-state index is 0.0272. The average Bonchev–Trinajstić information content (AvgIpc) is 3.53. The molecule has 1 amide bonds. The first kappa shape index (κ1) is 24.2. The summed E-state index contributed by atoms with van der Waals surface area (Å²) in [4.78, 5) is 16.1. The predicted octanol–water partition coefficient (Wildman–Crippen LogP) is 4.28. The first-order valence-corrected chi connectivity index (χ1v) is 11.2. The Morgan fingerprint density at radius 2 is 2.06 bits per heavy atom. The second-order valence-electron chi connectivity index (χ2n) is 7.36. The summed E-state index contributed by atoms with van der Waals surface area (Å²) >= 11 is 12.6. The maximum absolute atomic E-state index is 14.9. The van der Waals surface area contributed by atoms with Gasteiger partial charge in [-0.25, -0.2) is 14.1 Å². The quantitative estimate of drug-likeness (QED) is 0.200. The van der Waals surface area contributed by atoms with Crippen LogP contribution in [0.25, 0.3) is 16.8 Å². The van der Waals surface area contributed by atoms with Crippen LogP contribution < -0.4 is 16.6 Å². The Balaban J connectivity index is 1.47. The van der Waals surface area contributed by atoms with Gasteiger partial charge in [-0.15, -0.1) is 0 Å². The van der Waals surface area contributed by atoms with Gasteiger partial charge in [0.2, 0.25) is 11.7 Å². The number of aromatic nitrogens is 3. The van der Waals surface area contributed by atoms with Crippen molar-refractivity contribution in [1.29, 1.82) is 0 Å². The molecule has 9 nitrogen and oxygen atoms in total. The van der Waals surface area contributed by atoms with Crippen LogP contribution in [-0.2, 0) is 13.0 Å². The zero-order valence-electron chi connectivity index (χ0n) is 18.4. The van der Waals surface area contributed by atoms with E-state index in [1.165, 1.54) is 12.1 Å². The average molecular weight is 516 g/mol. The first-order valence-electron chi connectivity index (χ1n) is 10.5. The number of carbonyl (C=O) groups excluding carboxylic acids is 1. The minimum Gasteiger partial charge on any atom is -0.369 e. The summed E-state index contributed by atoms with van der Waals surface area (Å²) < 4.78 is 21.4. The van der Waals surface area contributed by atoms with Gasteiger partial charge in [0.1, 0.15) is 5.82 Å². The van der Waals surface area contributed by atoms with Crippen LogP contribution in [0.15, 0.2) is 64.4 Å². The molecule has 0 aliphatic rings. The Bertz CT molecular complexity index is 1390. The Morgan fingerprint density at radius 3 is 2.74 bits per heavy atom. The molecule has 12 heteroatoms. The van der Waals surface area contributed by atoms with Crippen molar-refractivity contribution >= 4 is 35.1 Å². The minimum atomic E-state index is -0.570. The number of halogens is 3. The van der Waals surface area contributed by atoms with E-state index in [2.05, 4.69) is 26.1 Å². The van der Waals surface area contributed by atoms with E-state index in [1.54, 1.807) is 47.4 Å². The van der Waals surface area contributed by atoms with Gasteiger partial charge >= 0.3 is 5.91 Å². The lowest BCUT2D eigenvalue weighted by Gasteiger charge is -2.14. The molecule has 4 aromatic rings. The zero-order chi connectivity index (χ0) is 24.9. The van der Waals surface area contributed by atoms with Gasteiger partial charge in [0.25, 0.3) is 0 Å². The number of hydrazine groups is 1. The van der Waals surface area contributed by atoms with Gasteiger partial charge in [0.05, 0.1) is 22.9 Å². The molecule has 0 radical (unpaired) electrons. The molecule has 2 heterocycles. The Hall–Kier alpha value is -3.89. The first-order chi connectivity index (χ1) is 16.9. The van der Waals surface area contributed by atoms with Gasteiger partial charge in [-0.2, -0.15) is 5.10 Å². The Morgan fingerprint density at radius 1 is 1.23 bits per heavy atom. The van der Waals surface area contributed by atoms with Gasteiger partial charge in [-0.05, 0) is 36.2 Å². The highest BCUT2D eigenvalue weighted by Gasteiger charge is 2.16. The highest BCUT2D eigenvalue weighted by molar-refractivity contribution is 6.36. The van der Waals surface area contributed by atoms with Crippen molar-refractivity contribution in [2.75, 3.05) is 0 Å². The maximum Gasteiger partial charge on any atom is 0.308 e. The molecule has 0 spiro atoms. The third kappa shape index (κ3) is 5.61. The van der Waals surface area contributed by atoms with Crippen molar-refractivity contribution in [1.82, 2.24) is 25.8 Å². The number of amides is 1. The van der Waals surface area contributed by atoms with Crippen LogP contribution in [0, 0.1) is 5.82 Å². The van der Waals surface area contributed by atoms with Crippen molar-refractivity contribution in [2.24, 2.45) is 10.7 Å². The predicted molar refractivity (Wildman–Crippen MR) is 131 cm³/mol. The molecule has 0 unspecified atom stereocenters. The summed E-state index contributed by atoms with van der Waals surface area (Å²) in [5.41, 5.74) is 13.3. The molecule has 2 aromatic heterocycles. The van der Waals surface area contributed by atoms with Gasteiger partial charge < -0.3 is 10.3 Å². The molecule has 0 aliphatic carbocycles. The summed E-state index contributed by atoms with van der Waals surface area (Å²) in [7, 11) is 0. The molecular weight excluding hydrogens is 496 g/mol. The number of nitrogens with two attached hydrogens (primary N) is 1. The van der Waals surface area contributed by atoms with E-state index >= 15 is 0 Å². The number of nitrogens with zero attached hydrogens (tertiary/aromatic N) is 4. The lowest BCUT2D eigenvalue weighted by molar-refractivity contribution is 0.0906. The van der Waals surface area contributed by atoms with Gasteiger partial charge in [-0.1, -0.05) is 47.4 Å². The van der Waals surface area contributed by atoms with Gasteiger partial charge in [-0.3, -0.25) is 15.6 Å². The lowest BCUT2D eigenvalue weighted by Crippen LogP contribution is -2.45. The fraction of sp³-hybridized carbons (Fsp3) is 0.130. The standard InChI is InChI=1S/C23H20Cl2FN7O2/c1-2-16-11-20(35-32-16)22(34)30-31-23(27)28-12-14-5-4-13(8-19(14)26)17-9-15(24)10-18(25)21(17)33-7-3-6-29-33/h3-11H,2,12H2,1H3,(H,30,34)(H3,27,28,31). The van der Waals surface area contributed by atoms with E-state index in [9.17, 15) is 9.18 Å². The van der Waals surface area contributed by atoms with Crippen LogP contribution in [0.3, 0.4) is 0 Å². The summed E-state index contributed by atoms with van der Waals surface area (Å²) in [6.45, 7) is 1.82. The van der Waals surface area contributed by atoms with E-state index in [4.69, 9.17) is 33.5 Å². The molecule has 0 saturated heterocycles. The van der Waals surface area contributed by atoms with Crippen LogP contribution in [0.5, 0.6) is 0 Å². The summed E-state index contributed by atoms with van der Waals surface area (Å²) in [6, 6.07) is 11.2. The van der Waals surface area contributed by atoms with Crippen LogP contribution in [-0.4, -0.2) is 26.8 Å². The number of aryl methyl sites for hydroxylation is 1. The van der Waals surface area contributed by atoms with Crippen molar-refractivity contribution in [2.45, 2.75) is 19.9 Å². The largest absolute Gasteiger partial charge is 0.369 e. The highest BCUT2D eigenvalue weighted by Crippen LogP contribution is 2.36. The van der Waals surface area contributed by atoms with Crippen molar-refractivity contribution in [3.8, 4) is 16.8 Å². The van der Waals surface area contributed by atoms with E-state index in [0.717, 1.165) is 0 Å². The molecule has 0 aliphatic heterocycles. The molecule has 0 bridgehead atoms. The molecule has 35 heavy (non-hydrogen) atoms. The second-order valence-corrected chi connectivity index (χ2v) is 8.20. The summed E-state index contributed by atoms with van der Waals surface area (Å²) in [5, 5.41) is 8.75. The molecule has 0 saturated carbocycles. The molecule has 4 rings (SSSR count). The third-order valence-corrected chi connectivity index (χ3v) is 5.50. The maximum atomic E-state index is 14.9. The number of rotatable bonds is 6. The summed E-state index contributed by atoms with van der Waals surface area (Å²) in [6.07, 6.45) is 3.98. The third-order valence-electron chi connectivity index (χ3n) is 4.99. The summed E-state index contributed by atoms with van der Waals surface area (Å²) in [5.74, 6) is -1.16. The van der Waals surface area contributed by atoms with E-state index in [0.29, 0.717) is 44.5 Å². The highest BCUT2D eigenvalue weighted by atomic mass is 35.5. The Kier molecular flexibility index (Phi) is 7.33. The van der Waals surface area contributed by atoms with Crippen LogP contribution in [0.2, 0.25) is 10.0 Å². The Labute approximate surface area is 209 Å². The SMILES string of the molecule is CCc1cc(C(=O)NNC(N)=NCc2ccc(-c3cc(Cl)cc(Cl)c3-n3cccn3)cc2F)on1. The fourth-order valence-electron chi connectivity index (χ4n) is 3.24. The molecule has 0 fully saturated rings. The van der Waals surface area contributed by atoms with E-state index in [-0.39, 0.29) is 18.3 Å². The topological polar surface area (TPSA) is 123 Å². The number of hydrogen-bond acceptors (Lipinski definition) is 5. The van der Waals surface area contributed by atoms with Crippen molar-refractivity contribution < 1.29 is 13.7 Å². The number of aliphatic imine (C=N–C) groups is 1. The molecular formula is C23H20Cl2FN7O2. The lowest BCUT2D eigenvalue weighted by atomic mass is 10.0. The molecule has 180 valence electrons. The number of benzene rings is 2. The smallest absolute Gasteiger partial charge is 0.308 e. The number of guanidine groups is 1. The molecule has 0 atom stereocenters. The van der Waals surface area contributed by atoms with Crippen molar-refractivity contribution in [3.63, 3.8) is 0 Å². The molecule has 2 aromatic carbocycles. The monoisotopic (exact) mass is 515 g/mol. The van der Waals surface area contributed by atoms with Crippen LogP contribution in [0.1, 0.15) is 28.7 Å². The zero-order valence-corrected chi connectivity index (χ0v) is 19.9. The van der Waals surface area contributed by atoms with Crippen LogP contribution >= 0.6 is 23.2 Å². The van der Waals surface area contributed by atoms with Crippen LogP contribution in [0.4, 0.5) is 4.39 Å². The fourth-order valence-corrected chi connectivity index (χ4v) is 3.82. The number of carbonyl (C=O) groups is 1. The number of nitrogens with one attached hydrogen (secondary N) is 2. The normalized spacial score (nSPS) is 11.5. The van der Waals surface area contributed by atoms with Gasteiger partial charge in [0, 0.05) is 34.6 Å². The van der Waals surface area contributed by atoms with Gasteiger partial charge in [0.15, 0.2) is 0 Å². The number of hydrogen-bond donors (Lipinski definition) is 3. The van der Waals surface area contributed by atoms with E-state index in [1.807, 2.05) is 6.92 Å². The second kappa shape index (κ2) is 10.6. The van der Waals surface area contributed by atoms with E-state index < -0.39 is 11.7 Å². The van der Waals surface area contributed by atoms with Crippen molar-refractivity contribution in [3.05, 3.63) is 87.7 Å². The molecule has 4 N–H and O–H groups in total.